The second-order valence-corrected chi connectivity index (χ2v) is 6.69. The number of nitrogens with one attached hydrogen (secondary N) is 1. The van der Waals surface area contributed by atoms with Crippen molar-refractivity contribution in [1.29, 1.82) is 0 Å². The van der Waals surface area contributed by atoms with E-state index in [1.54, 1.807) is 18.0 Å². The lowest BCUT2D eigenvalue weighted by atomic mass is 10.2. The third kappa shape index (κ3) is 3.84. The molecule has 2 heterocycles. The van der Waals surface area contributed by atoms with Gasteiger partial charge in [-0.3, -0.25) is 10.1 Å². The zero-order valence-corrected chi connectivity index (χ0v) is 13.1. The van der Waals surface area contributed by atoms with Crippen molar-refractivity contribution in [3.05, 3.63) is 41.4 Å². The molecule has 0 saturated carbocycles. The molecule has 2 aromatic rings. The van der Waals surface area contributed by atoms with Crippen LogP contribution >= 0.6 is 23.1 Å². The van der Waals surface area contributed by atoms with Gasteiger partial charge >= 0.3 is 0 Å². The highest BCUT2D eigenvalue weighted by Gasteiger charge is 2.18. The monoisotopic (exact) mass is 320 g/mol. The highest BCUT2D eigenvalue weighted by Crippen LogP contribution is 2.27. The molecule has 1 amide bonds. The van der Waals surface area contributed by atoms with Crippen molar-refractivity contribution in [2.75, 3.05) is 17.7 Å². The maximum absolute atomic E-state index is 12.3. The van der Waals surface area contributed by atoms with Gasteiger partial charge in [0.1, 0.15) is 0 Å². The molecule has 1 saturated heterocycles. The first kappa shape index (κ1) is 14.6. The number of hydrogen-bond donors (Lipinski definition) is 1. The van der Waals surface area contributed by atoms with E-state index in [4.69, 9.17) is 4.74 Å². The number of thioether (sulfide) groups is 1. The molecule has 6 heteroatoms. The van der Waals surface area contributed by atoms with Crippen LogP contribution in [-0.4, -0.2) is 29.4 Å². The molecular weight excluding hydrogens is 304 g/mol. The van der Waals surface area contributed by atoms with Crippen LogP contribution in [0.5, 0.6) is 0 Å². The number of benzene rings is 1. The Labute approximate surface area is 131 Å². The Morgan fingerprint density at radius 1 is 1.48 bits per heavy atom. The molecule has 0 unspecified atom stereocenters. The second-order valence-electron chi connectivity index (χ2n) is 4.73. The van der Waals surface area contributed by atoms with Crippen molar-refractivity contribution in [1.82, 2.24) is 4.98 Å². The molecule has 1 fully saturated rings. The predicted octanol–water partition coefficient (Wildman–Crippen LogP) is 3.67. The molecule has 0 bridgehead atoms. The summed E-state index contributed by atoms with van der Waals surface area (Å²) >= 11 is 3.10. The van der Waals surface area contributed by atoms with Crippen LogP contribution in [0.2, 0.25) is 0 Å². The highest BCUT2D eigenvalue weighted by molar-refractivity contribution is 7.99. The Balaban J connectivity index is 1.67. The maximum Gasteiger partial charge on any atom is 0.258 e. The minimum absolute atomic E-state index is 0.111. The van der Waals surface area contributed by atoms with Crippen LogP contribution in [-0.2, 0) is 4.74 Å². The van der Waals surface area contributed by atoms with E-state index in [-0.39, 0.29) is 5.91 Å². The van der Waals surface area contributed by atoms with Gasteiger partial charge in [-0.05, 0) is 25.0 Å². The quantitative estimate of drug-likeness (QED) is 0.854. The molecule has 0 radical (unpaired) electrons. The molecule has 1 aromatic carbocycles. The molecule has 1 aromatic heterocycles. The minimum atomic E-state index is -0.111. The van der Waals surface area contributed by atoms with Crippen molar-refractivity contribution in [2.24, 2.45) is 0 Å². The van der Waals surface area contributed by atoms with Crippen LogP contribution in [0.1, 0.15) is 23.2 Å². The summed E-state index contributed by atoms with van der Waals surface area (Å²) in [7, 11) is 0. The van der Waals surface area contributed by atoms with Gasteiger partial charge in [-0.15, -0.1) is 23.1 Å². The number of anilines is 1. The number of carbonyl (C=O) groups excluding carboxylic acids is 1. The lowest BCUT2D eigenvalue weighted by Crippen LogP contribution is -2.13. The number of carbonyl (C=O) groups is 1. The fourth-order valence-corrected chi connectivity index (χ4v) is 3.83. The van der Waals surface area contributed by atoms with Gasteiger partial charge in [0.25, 0.3) is 5.91 Å². The number of nitrogens with zero attached hydrogens (tertiary/aromatic N) is 1. The average Bonchev–Trinajstić information content (AvgIpc) is 3.18. The van der Waals surface area contributed by atoms with E-state index >= 15 is 0 Å². The molecule has 0 spiro atoms. The van der Waals surface area contributed by atoms with Crippen molar-refractivity contribution < 1.29 is 9.53 Å². The van der Waals surface area contributed by atoms with Gasteiger partial charge in [0, 0.05) is 28.8 Å². The summed E-state index contributed by atoms with van der Waals surface area (Å²) in [6, 6.07) is 7.67. The van der Waals surface area contributed by atoms with E-state index in [0.29, 0.717) is 16.8 Å². The summed E-state index contributed by atoms with van der Waals surface area (Å²) in [5, 5.41) is 5.30. The summed E-state index contributed by atoms with van der Waals surface area (Å²) in [6.45, 7) is 0.859. The zero-order chi connectivity index (χ0) is 14.5. The number of rotatable bonds is 5. The third-order valence-corrected chi connectivity index (χ3v) is 5.13. The van der Waals surface area contributed by atoms with Gasteiger partial charge in [-0.1, -0.05) is 12.1 Å². The van der Waals surface area contributed by atoms with Crippen LogP contribution in [0, 0.1) is 0 Å². The number of amides is 1. The Morgan fingerprint density at radius 2 is 2.38 bits per heavy atom. The van der Waals surface area contributed by atoms with Crippen LogP contribution in [0.3, 0.4) is 0 Å². The molecule has 0 aliphatic carbocycles. The largest absolute Gasteiger partial charge is 0.377 e. The standard InChI is InChI=1S/C15H16N2O2S2/c18-14(17-15-16-7-9-20-15)12-5-1-2-6-13(12)21-10-11-4-3-8-19-11/h1-2,5-7,9,11H,3-4,8,10H2,(H,16,17,18)/t11-/m0/s1. The van der Waals surface area contributed by atoms with Crippen LogP contribution < -0.4 is 5.32 Å². The molecule has 21 heavy (non-hydrogen) atoms. The van der Waals surface area contributed by atoms with Crippen molar-refractivity contribution in [2.45, 2.75) is 23.8 Å². The van der Waals surface area contributed by atoms with Crippen molar-refractivity contribution in [3.8, 4) is 0 Å². The fraction of sp³-hybridized carbons (Fsp3) is 0.333. The molecule has 1 aliphatic heterocycles. The predicted molar refractivity (Wildman–Crippen MR) is 86.2 cm³/mol. The first-order valence-electron chi connectivity index (χ1n) is 6.87. The van der Waals surface area contributed by atoms with Gasteiger partial charge < -0.3 is 4.74 Å². The number of thiazole rings is 1. The molecule has 110 valence electrons. The lowest BCUT2D eigenvalue weighted by Gasteiger charge is -2.11. The van der Waals surface area contributed by atoms with Crippen LogP contribution in [0.25, 0.3) is 0 Å². The van der Waals surface area contributed by atoms with E-state index in [9.17, 15) is 4.79 Å². The van der Waals surface area contributed by atoms with E-state index in [2.05, 4.69) is 10.3 Å². The Hall–Kier alpha value is -1.37. The number of aromatic nitrogens is 1. The molecule has 1 aliphatic rings. The minimum Gasteiger partial charge on any atom is -0.377 e. The Bertz CT molecular complexity index is 595. The van der Waals surface area contributed by atoms with Crippen molar-refractivity contribution in [3.63, 3.8) is 0 Å². The molecular formula is C15H16N2O2S2. The smallest absolute Gasteiger partial charge is 0.258 e. The summed E-state index contributed by atoms with van der Waals surface area (Å²) in [5.74, 6) is 0.780. The zero-order valence-electron chi connectivity index (χ0n) is 11.5. The molecule has 3 rings (SSSR count). The number of ether oxygens (including phenoxy) is 1. The van der Waals surface area contributed by atoms with E-state index < -0.39 is 0 Å². The third-order valence-electron chi connectivity index (χ3n) is 3.23. The number of hydrogen-bond acceptors (Lipinski definition) is 5. The SMILES string of the molecule is O=C(Nc1nccs1)c1ccccc1SC[C@@H]1CCCO1. The summed E-state index contributed by atoms with van der Waals surface area (Å²) < 4.78 is 5.63. The van der Waals surface area contributed by atoms with Crippen LogP contribution in [0.15, 0.2) is 40.7 Å². The van der Waals surface area contributed by atoms with Gasteiger partial charge in [-0.2, -0.15) is 0 Å². The first-order valence-corrected chi connectivity index (χ1v) is 8.74. The first-order chi connectivity index (χ1) is 10.3. The van der Waals surface area contributed by atoms with Crippen molar-refractivity contribution >= 4 is 34.1 Å². The van der Waals surface area contributed by atoms with E-state index in [1.165, 1.54) is 11.3 Å². The van der Waals surface area contributed by atoms with E-state index in [1.807, 2.05) is 29.6 Å². The van der Waals surface area contributed by atoms with Gasteiger partial charge in [0.05, 0.1) is 11.7 Å². The Morgan fingerprint density at radius 3 is 3.14 bits per heavy atom. The fourth-order valence-electron chi connectivity index (χ4n) is 2.19. The topological polar surface area (TPSA) is 51.2 Å². The summed E-state index contributed by atoms with van der Waals surface area (Å²) in [5.41, 5.74) is 0.690. The lowest BCUT2D eigenvalue weighted by molar-refractivity contribution is 0.102. The average molecular weight is 320 g/mol. The summed E-state index contributed by atoms with van der Waals surface area (Å²) in [4.78, 5) is 17.4. The van der Waals surface area contributed by atoms with Crippen LogP contribution in [0.4, 0.5) is 5.13 Å². The highest BCUT2D eigenvalue weighted by atomic mass is 32.2. The molecule has 4 nitrogen and oxygen atoms in total. The van der Waals surface area contributed by atoms with Gasteiger partial charge in [0.15, 0.2) is 5.13 Å². The molecule has 1 atom stereocenters. The van der Waals surface area contributed by atoms with E-state index in [0.717, 1.165) is 30.1 Å². The van der Waals surface area contributed by atoms with Gasteiger partial charge in [-0.25, -0.2) is 4.98 Å². The Kier molecular flexibility index (Phi) is 4.90. The molecule has 1 N–H and O–H groups in total. The maximum atomic E-state index is 12.3. The summed E-state index contributed by atoms with van der Waals surface area (Å²) in [6.07, 6.45) is 4.24. The second kappa shape index (κ2) is 7.06. The normalized spacial score (nSPS) is 17.8. The van der Waals surface area contributed by atoms with Gasteiger partial charge in [0.2, 0.25) is 0 Å².